The second-order valence-electron chi connectivity index (χ2n) is 4.50. The van der Waals surface area contributed by atoms with Gasteiger partial charge in [-0.15, -0.1) is 12.4 Å². The minimum absolute atomic E-state index is 0. The number of halogens is 2. The summed E-state index contributed by atoms with van der Waals surface area (Å²) < 4.78 is 0. The largest absolute Gasteiger partial charge is 0.358 e. The van der Waals surface area contributed by atoms with Crippen LogP contribution in [-0.4, -0.2) is 18.1 Å². The maximum absolute atomic E-state index is 6.06. The minimum Gasteiger partial charge on any atom is -0.358 e. The molecule has 0 saturated heterocycles. The molecule has 2 aromatic rings. The van der Waals surface area contributed by atoms with Crippen molar-refractivity contribution in [2.24, 2.45) is 0 Å². The number of aryl methyl sites for hydroxylation is 1. The van der Waals surface area contributed by atoms with E-state index in [1.807, 2.05) is 13.1 Å². The van der Waals surface area contributed by atoms with Gasteiger partial charge < -0.3 is 10.3 Å². The van der Waals surface area contributed by atoms with Gasteiger partial charge in [0.25, 0.3) is 0 Å². The van der Waals surface area contributed by atoms with Gasteiger partial charge >= 0.3 is 0 Å². The Morgan fingerprint density at radius 1 is 1.41 bits per heavy atom. The zero-order valence-electron chi connectivity index (χ0n) is 9.72. The average Bonchev–Trinajstić information content (AvgIpc) is 2.66. The van der Waals surface area contributed by atoms with Gasteiger partial charge in [-0.1, -0.05) is 11.6 Å². The lowest BCUT2D eigenvalue weighted by Crippen LogP contribution is -2.31. The van der Waals surface area contributed by atoms with Crippen LogP contribution in [0.3, 0.4) is 0 Å². The molecule has 0 radical (unpaired) electrons. The number of fused-ring (bicyclic) bond motifs is 3. The monoisotopic (exact) mass is 270 g/mol. The molecule has 1 aliphatic rings. The molecule has 0 saturated carbocycles. The van der Waals surface area contributed by atoms with Gasteiger partial charge in [0.15, 0.2) is 0 Å². The summed E-state index contributed by atoms with van der Waals surface area (Å²) in [6, 6.07) is 6.70. The third-order valence-corrected chi connectivity index (χ3v) is 3.79. The number of aromatic nitrogens is 1. The Labute approximate surface area is 112 Å². The molecule has 0 spiro atoms. The Morgan fingerprint density at radius 2 is 2.24 bits per heavy atom. The fourth-order valence-corrected chi connectivity index (χ4v) is 2.81. The summed E-state index contributed by atoms with van der Waals surface area (Å²) in [7, 11) is 2.04. The van der Waals surface area contributed by atoms with Crippen molar-refractivity contribution in [3.8, 4) is 0 Å². The molecule has 1 aliphatic carbocycles. The van der Waals surface area contributed by atoms with E-state index in [1.165, 1.54) is 28.6 Å². The van der Waals surface area contributed by atoms with Crippen LogP contribution in [-0.2, 0) is 12.8 Å². The lowest BCUT2D eigenvalue weighted by atomic mass is 9.91. The normalized spacial score (nSPS) is 18.8. The molecule has 17 heavy (non-hydrogen) atoms. The lowest BCUT2D eigenvalue weighted by Gasteiger charge is -2.21. The Hall–Kier alpha value is -0.700. The highest BCUT2D eigenvalue weighted by atomic mass is 35.5. The summed E-state index contributed by atoms with van der Waals surface area (Å²) in [5.41, 5.74) is 4.05. The summed E-state index contributed by atoms with van der Waals surface area (Å²) >= 11 is 6.06. The van der Waals surface area contributed by atoms with Crippen molar-refractivity contribution in [1.29, 1.82) is 0 Å². The average molecular weight is 271 g/mol. The first-order chi connectivity index (χ1) is 7.78. The molecule has 1 heterocycles. The zero-order chi connectivity index (χ0) is 11.1. The molecule has 92 valence electrons. The van der Waals surface area contributed by atoms with E-state index in [0.717, 1.165) is 17.9 Å². The van der Waals surface area contributed by atoms with Crippen LogP contribution in [0.15, 0.2) is 18.2 Å². The molecular weight excluding hydrogens is 255 g/mol. The second kappa shape index (κ2) is 4.89. The molecule has 0 bridgehead atoms. The maximum Gasteiger partial charge on any atom is 0.0460 e. The van der Waals surface area contributed by atoms with E-state index in [4.69, 9.17) is 11.6 Å². The Kier molecular flexibility index (Phi) is 3.67. The molecule has 1 aromatic heterocycles. The van der Waals surface area contributed by atoms with Gasteiger partial charge in [-0.25, -0.2) is 0 Å². The molecule has 1 unspecified atom stereocenters. The molecule has 3 rings (SSSR count). The van der Waals surface area contributed by atoms with Crippen LogP contribution in [0.25, 0.3) is 10.9 Å². The van der Waals surface area contributed by atoms with Crippen LogP contribution in [0.2, 0.25) is 5.02 Å². The van der Waals surface area contributed by atoms with E-state index >= 15 is 0 Å². The van der Waals surface area contributed by atoms with Crippen molar-refractivity contribution < 1.29 is 0 Å². The van der Waals surface area contributed by atoms with Crippen molar-refractivity contribution in [1.82, 2.24) is 10.3 Å². The van der Waals surface area contributed by atoms with Crippen LogP contribution in [0, 0.1) is 0 Å². The third-order valence-electron chi connectivity index (χ3n) is 3.56. The lowest BCUT2D eigenvalue weighted by molar-refractivity contribution is 0.495. The summed E-state index contributed by atoms with van der Waals surface area (Å²) in [5, 5.41) is 5.48. The van der Waals surface area contributed by atoms with E-state index in [1.54, 1.807) is 0 Å². The number of likely N-dealkylation sites (N-methyl/N-ethyl adjacent to an activating group) is 1. The molecule has 0 fully saturated rings. The molecule has 2 nitrogen and oxygen atoms in total. The summed E-state index contributed by atoms with van der Waals surface area (Å²) in [5.74, 6) is 0. The fraction of sp³-hybridized carbons (Fsp3) is 0.385. The SMILES string of the molecule is CNC1CCc2[nH]c3ccc(Cl)cc3c2C1.Cl. The zero-order valence-corrected chi connectivity index (χ0v) is 11.3. The molecular formula is C13H16Cl2N2. The molecule has 1 atom stereocenters. The van der Waals surface area contributed by atoms with E-state index in [2.05, 4.69) is 22.4 Å². The minimum atomic E-state index is 0. The molecule has 2 N–H and O–H groups in total. The van der Waals surface area contributed by atoms with Crippen LogP contribution in [0.1, 0.15) is 17.7 Å². The number of benzene rings is 1. The Bertz CT molecular complexity index is 533. The van der Waals surface area contributed by atoms with Gasteiger partial charge in [0.05, 0.1) is 0 Å². The second-order valence-corrected chi connectivity index (χ2v) is 4.94. The molecule has 0 amide bonds. The first-order valence-corrected chi connectivity index (χ1v) is 6.12. The highest BCUT2D eigenvalue weighted by molar-refractivity contribution is 6.31. The van der Waals surface area contributed by atoms with E-state index in [-0.39, 0.29) is 12.4 Å². The predicted molar refractivity (Wildman–Crippen MR) is 75.4 cm³/mol. The van der Waals surface area contributed by atoms with Crippen molar-refractivity contribution >= 4 is 34.9 Å². The summed E-state index contributed by atoms with van der Waals surface area (Å²) in [6.07, 6.45) is 3.45. The first-order valence-electron chi connectivity index (χ1n) is 5.74. The van der Waals surface area contributed by atoms with Gasteiger partial charge in [-0.3, -0.25) is 0 Å². The van der Waals surface area contributed by atoms with Crippen molar-refractivity contribution in [3.05, 3.63) is 34.5 Å². The van der Waals surface area contributed by atoms with Crippen molar-refractivity contribution in [2.75, 3.05) is 7.05 Å². The standard InChI is InChI=1S/C13H15ClN2.ClH/c1-15-9-3-5-13-11(7-9)10-6-8(14)2-4-12(10)16-13;/h2,4,6,9,15-16H,3,5,7H2,1H3;1H. The van der Waals surface area contributed by atoms with E-state index < -0.39 is 0 Å². The summed E-state index contributed by atoms with van der Waals surface area (Å²) in [6.45, 7) is 0. The Morgan fingerprint density at radius 3 is 3.00 bits per heavy atom. The van der Waals surface area contributed by atoms with Crippen LogP contribution in [0.5, 0.6) is 0 Å². The molecule has 0 aliphatic heterocycles. The van der Waals surface area contributed by atoms with Crippen LogP contribution < -0.4 is 5.32 Å². The smallest absolute Gasteiger partial charge is 0.0460 e. The molecule has 4 heteroatoms. The third kappa shape index (κ3) is 2.17. The van der Waals surface area contributed by atoms with Gasteiger partial charge in [-0.2, -0.15) is 0 Å². The van der Waals surface area contributed by atoms with Gasteiger partial charge in [0.1, 0.15) is 0 Å². The maximum atomic E-state index is 6.06. The van der Waals surface area contributed by atoms with Gasteiger partial charge in [0, 0.05) is 27.7 Å². The topological polar surface area (TPSA) is 27.8 Å². The van der Waals surface area contributed by atoms with Gasteiger partial charge in [-0.05, 0) is 50.1 Å². The van der Waals surface area contributed by atoms with E-state index in [0.29, 0.717) is 6.04 Å². The van der Waals surface area contributed by atoms with Crippen LogP contribution >= 0.6 is 24.0 Å². The number of hydrogen-bond acceptors (Lipinski definition) is 1. The van der Waals surface area contributed by atoms with Gasteiger partial charge in [0.2, 0.25) is 0 Å². The number of H-pyrrole nitrogens is 1. The highest BCUT2D eigenvalue weighted by Crippen LogP contribution is 2.30. The number of rotatable bonds is 1. The van der Waals surface area contributed by atoms with Crippen LogP contribution in [0.4, 0.5) is 0 Å². The number of aromatic amines is 1. The Balaban J connectivity index is 0.00000108. The molecule has 1 aromatic carbocycles. The predicted octanol–water partition coefficient (Wildman–Crippen LogP) is 3.32. The number of hydrogen-bond donors (Lipinski definition) is 2. The highest BCUT2D eigenvalue weighted by Gasteiger charge is 2.21. The van der Waals surface area contributed by atoms with Crippen molar-refractivity contribution in [2.45, 2.75) is 25.3 Å². The van der Waals surface area contributed by atoms with E-state index in [9.17, 15) is 0 Å². The fourth-order valence-electron chi connectivity index (χ4n) is 2.64. The van der Waals surface area contributed by atoms with Crippen molar-refractivity contribution in [3.63, 3.8) is 0 Å². The first kappa shape index (κ1) is 12.7. The quantitative estimate of drug-likeness (QED) is 0.818. The summed E-state index contributed by atoms with van der Waals surface area (Å²) in [4.78, 5) is 3.50. The number of nitrogens with one attached hydrogen (secondary N) is 2.